The van der Waals surface area contributed by atoms with E-state index < -0.39 is 6.04 Å². The first-order valence-corrected chi connectivity index (χ1v) is 13.5. The molecule has 0 radical (unpaired) electrons. The summed E-state index contributed by atoms with van der Waals surface area (Å²) in [7, 11) is 0. The number of rotatable bonds is 13. The molecule has 37 heavy (non-hydrogen) atoms. The van der Waals surface area contributed by atoms with E-state index in [9.17, 15) is 14.4 Å². The van der Waals surface area contributed by atoms with Crippen molar-refractivity contribution in [1.82, 2.24) is 10.2 Å². The third-order valence-corrected chi connectivity index (χ3v) is 7.12. The molecule has 1 atom stereocenters. The third-order valence-electron chi connectivity index (χ3n) is 7.12. The number of hydrogen-bond acceptors (Lipinski definition) is 3. The molecule has 3 aromatic carbocycles. The maximum atomic E-state index is 13.5. The van der Waals surface area contributed by atoms with Gasteiger partial charge in [0.15, 0.2) is 0 Å². The van der Waals surface area contributed by atoms with Crippen molar-refractivity contribution < 1.29 is 14.4 Å². The Labute approximate surface area is 219 Å². The van der Waals surface area contributed by atoms with Crippen molar-refractivity contribution in [2.45, 2.75) is 58.4 Å². The minimum Gasteiger partial charge on any atom is -0.354 e. The summed E-state index contributed by atoms with van der Waals surface area (Å²) in [6, 6.07) is 21.3. The van der Waals surface area contributed by atoms with Crippen LogP contribution in [0.3, 0.4) is 0 Å². The standard InChI is InChI=1S/C31H37N3O3/c1-3-5-20-32-30(36)26(4-2)33(22-19-23-12-7-6-8-13-23)28(35)18-11-21-34-27-17-10-15-24-14-9-16-25(29(24)27)31(34)37/h6-10,12-17,26H,3-5,11,18-22H2,1-2H3,(H,32,36)/t26-/m1/s1. The smallest absolute Gasteiger partial charge is 0.258 e. The van der Waals surface area contributed by atoms with Crippen LogP contribution in [0.5, 0.6) is 0 Å². The van der Waals surface area contributed by atoms with E-state index in [0.29, 0.717) is 38.9 Å². The van der Waals surface area contributed by atoms with Crippen LogP contribution < -0.4 is 10.2 Å². The van der Waals surface area contributed by atoms with Crippen LogP contribution in [0.1, 0.15) is 61.9 Å². The lowest BCUT2D eigenvalue weighted by Gasteiger charge is -2.31. The van der Waals surface area contributed by atoms with Crippen LogP contribution in [0.25, 0.3) is 10.8 Å². The van der Waals surface area contributed by atoms with Gasteiger partial charge < -0.3 is 15.1 Å². The second-order valence-electron chi connectivity index (χ2n) is 9.63. The quantitative estimate of drug-likeness (QED) is 0.323. The molecule has 0 saturated carbocycles. The summed E-state index contributed by atoms with van der Waals surface area (Å²) in [5, 5.41) is 5.05. The summed E-state index contributed by atoms with van der Waals surface area (Å²) < 4.78 is 0. The van der Waals surface area contributed by atoms with Crippen molar-refractivity contribution in [3.8, 4) is 0 Å². The molecule has 1 N–H and O–H groups in total. The number of amides is 3. The highest BCUT2D eigenvalue weighted by molar-refractivity contribution is 6.25. The first-order chi connectivity index (χ1) is 18.0. The fourth-order valence-electron chi connectivity index (χ4n) is 5.14. The molecule has 1 aliphatic rings. The Balaban J connectivity index is 1.43. The van der Waals surface area contributed by atoms with Gasteiger partial charge in [0.1, 0.15) is 6.04 Å². The molecule has 0 fully saturated rings. The number of carbonyl (C=O) groups excluding carboxylic acids is 3. The van der Waals surface area contributed by atoms with Gasteiger partial charge in [-0.2, -0.15) is 0 Å². The van der Waals surface area contributed by atoms with Gasteiger partial charge in [-0.3, -0.25) is 14.4 Å². The van der Waals surface area contributed by atoms with Crippen LogP contribution in [-0.4, -0.2) is 48.3 Å². The van der Waals surface area contributed by atoms with E-state index in [4.69, 9.17) is 0 Å². The largest absolute Gasteiger partial charge is 0.354 e. The summed E-state index contributed by atoms with van der Waals surface area (Å²) in [4.78, 5) is 43.1. The van der Waals surface area contributed by atoms with E-state index in [2.05, 4.69) is 12.2 Å². The highest BCUT2D eigenvalue weighted by Crippen LogP contribution is 2.37. The summed E-state index contributed by atoms with van der Waals surface area (Å²) in [6.45, 7) is 5.60. The number of hydrogen-bond donors (Lipinski definition) is 1. The summed E-state index contributed by atoms with van der Waals surface area (Å²) in [5.41, 5.74) is 2.77. The van der Waals surface area contributed by atoms with E-state index in [1.54, 1.807) is 9.80 Å². The minimum atomic E-state index is -0.500. The lowest BCUT2D eigenvalue weighted by molar-refractivity contribution is -0.140. The SMILES string of the molecule is CCCCNC(=O)[C@@H](CC)N(CCc1ccccc1)C(=O)CCCN1C(=O)c2cccc3cccc1c23. The van der Waals surface area contributed by atoms with E-state index in [0.717, 1.165) is 40.4 Å². The van der Waals surface area contributed by atoms with E-state index in [-0.39, 0.29) is 24.1 Å². The van der Waals surface area contributed by atoms with Crippen molar-refractivity contribution in [3.63, 3.8) is 0 Å². The zero-order valence-corrected chi connectivity index (χ0v) is 21.9. The predicted octanol–water partition coefficient (Wildman–Crippen LogP) is 5.35. The predicted molar refractivity (Wildman–Crippen MR) is 149 cm³/mol. The van der Waals surface area contributed by atoms with Crippen LogP contribution in [0, 0.1) is 0 Å². The Bertz CT molecular complexity index is 1240. The second kappa shape index (κ2) is 12.5. The van der Waals surface area contributed by atoms with Gasteiger partial charge in [-0.25, -0.2) is 0 Å². The van der Waals surface area contributed by atoms with E-state index in [1.165, 1.54) is 0 Å². The van der Waals surface area contributed by atoms with Gasteiger partial charge in [-0.05, 0) is 48.8 Å². The Morgan fingerprint density at radius 1 is 0.946 bits per heavy atom. The zero-order chi connectivity index (χ0) is 26.2. The molecule has 6 nitrogen and oxygen atoms in total. The van der Waals surface area contributed by atoms with Gasteiger partial charge in [0, 0.05) is 37.0 Å². The maximum Gasteiger partial charge on any atom is 0.258 e. The number of unbranched alkanes of at least 4 members (excludes halogenated alkanes) is 1. The number of anilines is 1. The normalized spacial score (nSPS) is 13.1. The molecule has 4 rings (SSSR count). The van der Waals surface area contributed by atoms with Crippen molar-refractivity contribution in [1.29, 1.82) is 0 Å². The van der Waals surface area contributed by atoms with Crippen LogP contribution in [-0.2, 0) is 16.0 Å². The van der Waals surface area contributed by atoms with Crippen molar-refractivity contribution in [2.24, 2.45) is 0 Å². The highest BCUT2D eigenvalue weighted by atomic mass is 16.2. The Morgan fingerprint density at radius 2 is 1.70 bits per heavy atom. The number of nitrogens with zero attached hydrogens (tertiary/aromatic N) is 2. The van der Waals surface area contributed by atoms with E-state index >= 15 is 0 Å². The highest BCUT2D eigenvalue weighted by Gasteiger charge is 2.31. The van der Waals surface area contributed by atoms with Crippen LogP contribution >= 0.6 is 0 Å². The third kappa shape index (κ3) is 6.01. The topological polar surface area (TPSA) is 69.7 Å². The molecule has 1 heterocycles. The number of benzene rings is 3. The van der Waals surface area contributed by atoms with Gasteiger partial charge in [-0.15, -0.1) is 0 Å². The van der Waals surface area contributed by atoms with Crippen LogP contribution in [0.4, 0.5) is 5.69 Å². The van der Waals surface area contributed by atoms with Gasteiger partial charge in [0.05, 0.1) is 5.69 Å². The summed E-state index contributed by atoms with van der Waals surface area (Å²) in [5.74, 6) is -0.146. The maximum absolute atomic E-state index is 13.5. The van der Waals surface area contributed by atoms with Crippen molar-refractivity contribution >= 4 is 34.2 Å². The van der Waals surface area contributed by atoms with Crippen LogP contribution in [0.15, 0.2) is 66.7 Å². The zero-order valence-electron chi connectivity index (χ0n) is 21.9. The molecular weight excluding hydrogens is 462 g/mol. The Hall–Kier alpha value is -3.67. The summed E-state index contributed by atoms with van der Waals surface area (Å²) in [6.07, 6.45) is 3.97. The molecule has 0 spiro atoms. The molecule has 6 heteroatoms. The Kier molecular flexibility index (Phi) is 8.94. The molecule has 0 bridgehead atoms. The second-order valence-corrected chi connectivity index (χ2v) is 9.63. The minimum absolute atomic E-state index is 0.0121. The average Bonchev–Trinajstić information content (AvgIpc) is 3.19. The molecule has 0 unspecified atom stereocenters. The lowest BCUT2D eigenvalue weighted by Crippen LogP contribution is -2.50. The lowest BCUT2D eigenvalue weighted by atomic mass is 10.1. The van der Waals surface area contributed by atoms with Crippen molar-refractivity contribution in [3.05, 3.63) is 77.9 Å². The van der Waals surface area contributed by atoms with Crippen molar-refractivity contribution in [2.75, 3.05) is 24.5 Å². The van der Waals surface area contributed by atoms with E-state index in [1.807, 2.05) is 73.7 Å². The molecule has 194 valence electrons. The molecule has 0 aliphatic carbocycles. The van der Waals surface area contributed by atoms with Gasteiger partial charge in [0.2, 0.25) is 11.8 Å². The molecular formula is C31H37N3O3. The average molecular weight is 500 g/mol. The van der Waals surface area contributed by atoms with Crippen LogP contribution in [0.2, 0.25) is 0 Å². The molecule has 3 amide bonds. The fourth-order valence-corrected chi connectivity index (χ4v) is 5.14. The summed E-state index contributed by atoms with van der Waals surface area (Å²) >= 11 is 0. The van der Waals surface area contributed by atoms with Gasteiger partial charge >= 0.3 is 0 Å². The monoisotopic (exact) mass is 499 g/mol. The van der Waals surface area contributed by atoms with Gasteiger partial charge in [0.25, 0.3) is 5.91 Å². The van der Waals surface area contributed by atoms with Gasteiger partial charge in [-0.1, -0.05) is 74.9 Å². The number of carbonyl (C=O) groups is 3. The first-order valence-electron chi connectivity index (χ1n) is 13.5. The Morgan fingerprint density at radius 3 is 2.43 bits per heavy atom. The first kappa shape index (κ1) is 26.4. The molecule has 1 aliphatic heterocycles. The number of nitrogens with one attached hydrogen (secondary N) is 1. The fraction of sp³-hybridized carbons (Fsp3) is 0.387. The molecule has 0 aromatic heterocycles. The molecule has 0 saturated heterocycles. The molecule has 3 aromatic rings.